The normalized spacial score (nSPS) is 20.1. The second-order valence-corrected chi connectivity index (χ2v) is 6.42. The van der Waals surface area contributed by atoms with Crippen molar-refractivity contribution >= 4 is 23.5 Å². The summed E-state index contributed by atoms with van der Waals surface area (Å²) in [5.74, 6) is -1.37. The molecule has 0 aliphatic heterocycles. The Kier molecular flexibility index (Phi) is 5.95. The molecule has 2 amide bonds. The van der Waals surface area contributed by atoms with E-state index in [2.05, 4.69) is 10.6 Å². The van der Waals surface area contributed by atoms with Gasteiger partial charge in [-0.1, -0.05) is 26.3 Å². The van der Waals surface area contributed by atoms with Crippen LogP contribution in [0.15, 0.2) is 24.3 Å². The molecule has 1 aromatic rings. The molecule has 2 rings (SSSR count). The third-order valence-electron chi connectivity index (χ3n) is 4.33. The van der Waals surface area contributed by atoms with Gasteiger partial charge in [-0.15, -0.1) is 0 Å². The number of carboxylic acid groups (broad SMARTS) is 1. The van der Waals surface area contributed by atoms with Gasteiger partial charge in [0.1, 0.15) is 0 Å². The van der Waals surface area contributed by atoms with E-state index in [1.54, 1.807) is 24.3 Å². The second kappa shape index (κ2) is 7.95. The lowest BCUT2D eigenvalue weighted by Crippen LogP contribution is -2.33. The third kappa shape index (κ3) is 4.81. The molecule has 0 bridgehead atoms. The maximum Gasteiger partial charge on any atom is 0.308 e. The number of hydrogen-bond donors (Lipinski definition) is 3. The molecule has 0 saturated heterocycles. The van der Waals surface area contributed by atoms with E-state index < -0.39 is 11.9 Å². The summed E-state index contributed by atoms with van der Waals surface area (Å²) in [6, 6.07) is 6.68. The lowest BCUT2D eigenvalue weighted by Gasteiger charge is -2.13. The molecule has 6 heteroatoms. The first-order valence-corrected chi connectivity index (χ1v) is 8.34. The number of amides is 2. The van der Waals surface area contributed by atoms with Crippen molar-refractivity contribution in [1.29, 1.82) is 0 Å². The lowest BCUT2D eigenvalue weighted by molar-refractivity contribution is -0.141. The van der Waals surface area contributed by atoms with Crippen LogP contribution in [0.2, 0.25) is 0 Å². The topological polar surface area (TPSA) is 95.5 Å². The Hall–Kier alpha value is -2.37. The average molecular weight is 332 g/mol. The van der Waals surface area contributed by atoms with Gasteiger partial charge in [0.15, 0.2) is 0 Å². The molecule has 3 unspecified atom stereocenters. The van der Waals surface area contributed by atoms with Crippen LogP contribution < -0.4 is 10.6 Å². The van der Waals surface area contributed by atoms with Crippen molar-refractivity contribution in [2.45, 2.75) is 33.1 Å². The molecule has 0 aromatic heterocycles. The molecule has 1 aromatic carbocycles. The standard InChI is InChI=1S/C18H24N2O4/c1-3-5-13(18(23)24)10-19-16(21)12-6-4-7-14(9-12)20-17(22)15-8-11(15)2/h4,6-7,9,11,13,15H,3,5,8,10H2,1-2H3,(H,19,21)(H,20,22)(H,23,24). The number of benzene rings is 1. The van der Waals surface area contributed by atoms with Crippen LogP contribution in [0.5, 0.6) is 0 Å². The highest BCUT2D eigenvalue weighted by Crippen LogP contribution is 2.38. The number of anilines is 1. The van der Waals surface area contributed by atoms with Gasteiger partial charge in [-0.25, -0.2) is 0 Å². The van der Waals surface area contributed by atoms with E-state index in [0.29, 0.717) is 23.6 Å². The van der Waals surface area contributed by atoms with Crippen LogP contribution in [0.1, 0.15) is 43.5 Å². The quantitative estimate of drug-likeness (QED) is 0.681. The maximum atomic E-state index is 12.2. The van der Waals surface area contributed by atoms with Gasteiger partial charge in [-0.2, -0.15) is 0 Å². The zero-order valence-electron chi connectivity index (χ0n) is 14.0. The number of hydrogen-bond acceptors (Lipinski definition) is 3. The Morgan fingerprint density at radius 3 is 2.62 bits per heavy atom. The van der Waals surface area contributed by atoms with Gasteiger partial charge in [0.2, 0.25) is 5.91 Å². The number of nitrogens with one attached hydrogen (secondary N) is 2. The van der Waals surface area contributed by atoms with Crippen LogP contribution in [0.25, 0.3) is 0 Å². The van der Waals surface area contributed by atoms with Crippen molar-refractivity contribution in [3.8, 4) is 0 Å². The summed E-state index contributed by atoms with van der Waals surface area (Å²) in [5.41, 5.74) is 0.979. The minimum atomic E-state index is -0.906. The van der Waals surface area contributed by atoms with Crippen molar-refractivity contribution in [3.05, 3.63) is 29.8 Å². The Morgan fingerprint density at radius 2 is 2.04 bits per heavy atom. The van der Waals surface area contributed by atoms with Crippen LogP contribution in [0.4, 0.5) is 5.69 Å². The Bertz CT molecular complexity index is 629. The second-order valence-electron chi connectivity index (χ2n) is 6.42. The molecule has 3 N–H and O–H groups in total. The zero-order chi connectivity index (χ0) is 17.7. The third-order valence-corrected chi connectivity index (χ3v) is 4.33. The van der Waals surface area contributed by atoms with Gasteiger partial charge < -0.3 is 15.7 Å². The highest BCUT2D eigenvalue weighted by atomic mass is 16.4. The molecule has 24 heavy (non-hydrogen) atoms. The van der Waals surface area contributed by atoms with Gasteiger partial charge in [0.25, 0.3) is 5.91 Å². The van der Waals surface area contributed by atoms with Crippen LogP contribution >= 0.6 is 0 Å². The van der Waals surface area contributed by atoms with Gasteiger partial charge >= 0.3 is 5.97 Å². The van der Waals surface area contributed by atoms with Crippen LogP contribution in [-0.2, 0) is 9.59 Å². The minimum Gasteiger partial charge on any atom is -0.481 e. The molecular formula is C18H24N2O4. The fourth-order valence-corrected chi connectivity index (χ4v) is 2.64. The summed E-state index contributed by atoms with van der Waals surface area (Å²) in [6.45, 7) is 4.03. The highest BCUT2D eigenvalue weighted by molar-refractivity contribution is 5.98. The maximum absolute atomic E-state index is 12.2. The van der Waals surface area contributed by atoms with E-state index in [4.69, 9.17) is 5.11 Å². The van der Waals surface area contributed by atoms with E-state index in [1.165, 1.54) is 0 Å². The van der Waals surface area contributed by atoms with Crippen molar-refractivity contribution < 1.29 is 19.5 Å². The van der Waals surface area contributed by atoms with E-state index in [-0.39, 0.29) is 24.3 Å². The molecule has 6 nitrogen and oxygen atoms in total. The molecule has 0 radical (unpaired) electrons. The molecule has 1 aliphatic carbocycles. The molecule has 0 heterocycles. The Morgan fingerprint density at radius 1 is 1.33 bits per heavy atom. The van der Waals surface area contributed by atoms with Gasteiger partial charge in [-0.3, -0.25) is 14.4 Å². The van der Waals surface area contributed by atoms with Gasteiger partial charge in [0.05, 0.1) is 5.92 Å². The van der Waals surface area contributed by atoms with Crippen molar-refractivity contribution in [2.24, 2.45) is 17.8 Å². The molecule has 1 aliphatic rings. The van der Waals surface area contributed by atoms with Crippen molar-refractivity contribution in [2.75, 3.05) is 11.9 Å². The number of aliphatic carboxylic acids is 1. The van der Waals surface area contributed by atoms with Crippen LogP contribution in [0, 0.1) is 17.8 Å². The predicted octanol–water partition coefficient (Wildman–Crippen LogP) is 2.51. The monoisotopic (exact) mass is 332 g/mol. The van der Waals surface area contributed by atoms with E-state index in [1.807, 2.05) is 13.8 Å². The van der Waals surface area contributed by atoms with E-state index >= 15 is 0 Å². The molecule has 1 saturated carbocycles. The Balaban J connectivity index is 1.93. The minimum absolute atomic E-state index is 0.0195. The van der Waals surface area contributed by atoms with Crippen LogP contribution in [-0.4, -0.2) is 29.4 Å². The fraction of sp³-hybridized carbons (Fsp3) is 0.500. The molecule has 130 valence electrons. The smallest absolute Gasteiger partial charge is 0.308 e. The van der Waals surface area contributed by atoms with Crippen molar-refractivity contribution in [1.82, 2.24) is 5.32 Å². The van der Waals surface area contributed by atoms with Crippen molar-refractivity contribution in [3.63, 3.8) is 0 Å². The number of carboxylic acids is 1. The highest BCUT2D eigenvalue weighted by Gasteiger charge is 2.39. The summed E-state index contributed by atoms with van der Waals surface area (Å²) in [4.78, 5) is 35.3. The summed E-state index contributed by atoms with van der Waals surface area (Å²) in [7, 11) is 0. The molecule has 1 fully saturated rings. The fourth-order valence-electron chi connectivity index (χ4n) is 2.64. The molecule has 0 spiro atoms. The van der Waals surface area contributed by atoms with Gasteiger partial charge in [-0.05, 0) is 37.0 Å². The summed E-state index contributed by atoms with van der Waals surface area (Å²) < 4.78 is 0. The summed E-state index contributed by atoms with van der Waals surface area (Å²) in [6.07, 6.45) is 2.17. The number of rotatable bonds is 8. The van der Waals surface area contributed by atoms with Gasteiger partial charge in [0, 0.05) is 23.7 Å². The first kappa shape index (κ1) is 18.0. The Labute approximate surface area is 141 Å². The average Bonchev–Trinajstić information content (AvgIpc) is 3.28. The van der Waals surface area contributed by atoms with Crippen LogP contribution in [0.3, 0.4) is 0 Å². The molecular weight excluding hydrogens is 308 g/mol. The first-order valence-electron chi connectivity index (χ1n) is 8.34. The lowest BCUT2D eigenvalue weighted by atomic mass is 10.0. The SMILES string of the molecule is CCCC(CNC(=O)c1cccc(NC(=O)C2CC2C)c1)C(=O)O. The number of carbonyl (C=O) groups is 3. The largest absolute Gasteiger partial charge is 0.481 e. The van der Waals surface area contributed by atoms with E-state index in [0.717, 1.165) is 12.8 Å². The predicted molar refractivity (Wildman–Crippen MR) is 90.7 cm³/mol. The van der Waals surface area contributed by atoms with E-state index in [9.17, 15) is 14.4 Å². The first-order chi connectivity index (χ1) is 11.4. The number of carbonyl (C=O) groups excluding carboxylic acids is 2. The summed E-state index contributed by atoms with van der Waals surface area (Å²) in [5, 5.41) is 14.6. The zero-order valence-corrected chi connectivity index (χ0v) is 14.0. The summed E-state index contributed by atoms with van der Waals surface area (Å²) >= 11 is 0. The molecule has 3 atom stereocenters.